The van der Waals surface area contributed by atoms with Gasteiger partial charge in [-0.2, -0.15) is 0 Å². The largest absolute Gasteiger partial charge is 0.460 e. The van der Waals surface area contributed by atoms with Crippen LogP contribution in [-0.4, -0.2) is 158 Å². The molecule has 0 spiro atoms. The topological polar surface area (TPSA) is 214 Å². The zero-order chi connectivity index (χ0) is 51.7. The molecule has 0 aromatic heterocycles. The number of nitrogens with zero attached hydrogens (tertiary/aromatic N) is 1. The summed E-state index contributed by atoms with van der Waals surface area (Å²) in [4.78, 5) is 71.9. The lowest BCUT2D eigenvalue weighted by Crippen LogP contribution is -2.63. The third kappa shape index (κ3) is 16.3. The van der Waals surface area contributed by atoms with Crippen LogP contribution < -0.4 is 0 Å². The monoisotopic (exact) mass is 988 g/mol. The molecule has 4 rings (SSSR count). The minimum absolute atomic E-state index is 0.000916. The number of ketones is 3. The molecule has 1 amide bonds. The summed E-state index contributed by atoms with van der Waals surface area (Å²) < 4.78 is 41.1. The number of piperidine rings is 1. The molecule has 15 atom stereocenters. The van der Waals surface area contributed by atoms with E-state index in [0.717, 1.165) is 23.3 Å². The van der Waals surface area contributed by atoms with Gasteiger partial charge >= 0.3 is 5.97 Å². The van der Waals surface area contributed by atoms with E-state index in [2.05, 4.69) is 0 Å². The summed E-state index contributed by atoms with van der Waals surface area (Å²) in [6, 6.07) is -1.22. The fraction of sp³-hybridized carbons (Fsp3) is 0.759. The molecule has 0 aromatic carbocycles. The molecule has 2 saturated heterocycles. The molecule has 1 saturated carbocycles. The first-order valence-electron chi connectivity index (χ1n) is 25.7. The summed E-state index contributed by atoms with van der Waals surface area (Å²) in [5.74, 6) is -8.20. The van der Waals surface area contributed by atoms with Crippen LogP contribution in [0.3, 0.4) is 0 Å². The number of aliphatic hydroxyl groups is 3. The third-order valence-electron chi connectivity index (χ3n) is 14.8. The second-order valence-corrected chi connectivity index (χ2v) is 20.2. The number of carbonyl (C=O) groups is 5. The van der Waals surface area contributed by atoms with Crippen LogP contribution in [0, 0.1) is 29.6 Å². The lowest BCUT2D eigenvalue weighted by Gasteiger charge is -2.42. The highest BCUT2D eigenvalue weighted by Crippen LogP contribution is 2.36. The van der Waals surface area contributed by atoms with E-state index in [0.29, 0.717) is 57.5 Å². The van der Waals surface area contributed by atoms with Crippen LogP contribution in [-0.2, 0) is 57.1 Å². The molecule has 2 bridgehead atoms. The van der Waals surface area contributed by atoms with E-state index < -0.39 is 77.9 Å². The molecule has 3 heterocycles. The van der Waals surface area contributed by atoms with Gasteiger partial charge in [-0.15, -0.1) is 0 Å². The smallest absolute Gasteiger partial charge is 0.329 e. The Bertz CT molecular complexity index is 1850. The number of rotatable bonds is 11. The van der Waals surface area contributed by atoms with E-state index in [4.69, 9.17) is 33.2 Å². The normalized spacial score (nSPS) is 38.4. The molecule has 16 nitrogen and oxygen atoms in total. The Morgan fingerprint density at radius 2 is 1.59 bits per heavy atom. The zero-order valence-electron chi connectivity index (χ0n) is 43.5. The Hall–Kier alpha value is -3.45. The van der Waals surface area contributed by atoms with Crippen LogP contribution in [0.15, 0.2) is 47.6 Å². The van der Waals surface area contributed by atoms with Crippen LogP contribution >= 0.6 is 0 Å². The van der Waals surface area contributed by atoms with Gasteiger partial charge in [-0.25, -0.2) is 4.79 Å². The predicted molar refractivity (Wildman–Crippen MR) is 262 cm³/mol. The number of ether oxygens (including phenoxy) is 7. The lowest BCUT2D eigenvalue weighted by molar-refractivity contribution is -0.282. The molecule has 0 radical (unpaired) electrons. The number of aliphatic hydroxyl groups excluding tert-OH is 2. The minimum atomic E-state index is -2.87. The number of amides is 1. The number of fused-ring (bicyclic) bond motifs is 3. The van der Waals surface area contributed by atoms with E-state index >= 15 is 0 Å². The first-order chi connectivity index (χ1) is 33.3. The van der Waals surface area contributed by atoms with Gasteiger partial charge in [-0.05, 0) is 114 Å². The molecule has 396 valence electrons. The molecule has 3 fully saturated rings. The van der Waals surface area contributed by atoms with E-state index in [1.165, 1.54) is 14.2 Å². The van der Waals surface area contributed by atoms with Crippen molar-refractivity contribution in [1.29, 1.82) is 0 Å². The number of methoxy groups -OCH3 is 3. The molecule has 1 aliphatic carbocycles. The fourth-order valence-electron chi connectivity index (χ4n) is 10.5. The van der Waals surface area contributed by atoms with Crippen molar-refractivity contribution in [3.63, 3.8) is 0 Å². The van der Waals surface area contributed by atoms with Crippen molar-refractivity contribution in [3.05, 3.63) is 47.6 Å². The molecule has 1 unspecified atom stereocenters. The lowest BCUT2D eigenvalue weighted by atomic mass is 9.78. The van der Waals surface area contributed by atoms with E-state index in [9.17, 15) is 39.3 Å². The fourth-order valence-corrected chi connectivity index (χ4v) is 10.5. The Labute approximate surface area is 416 Å². The number of Topliss-reactive ketones (excluding diaryl/α,β-unsaturated/α-hetero) is 3. The average molecular weight is 988 g/mol. The Morgan fingerprint density at radius 1 is 0.843 bits per heavy atom. The van der Waals surface area contributed by atoms with Gasteiger partial charge in [0.25, 0.3) is 17.5 Å². The maximum atomic E-state index is 14.5. The van der Waals surface area contributed by atoms with Crippen LogP contribution in [0.4, 0.5) is 0 Å². The van der Waals surface area contributed by atoms with Gasteiger partial charge < -0.3 is 53.4 Å². The van der Waals surface area contributed by atoms with Crippen LogP contribution in [0.2, 0.25) is 0 Å². The van der Waals surface area contributed by atoms with Crippen molar-refractivity contribution >= 4 is 29.2 Å². The highest BCUT2D eigenvalue weighted by atomic mass is 16.7. The van der Waals surface area contributed by atoms with Crippen molar-refractivity contribution in [2.45, 2.75) is 186 Å². The summed E-state index contributed by atoms with van der Waals surface area (Å²) >= 11 is 0. The van der Waals surface area contributed by atoms with E-state index in [-0.39, 0.29) is 80.2 Å². The maximum absolute atomic E-state index is 14.5. The predicted octanol–water partition coefficient (Wildman–Crippen LogP) is 5.97. The number of allylic oxidation sites excluding steroid dienone is 6. The van der Waals surface area contributed by atoms with Crippen LogP contribution in [0.1, 0.15) is 126 Å². The third-order valence-corrected chi connectivity index (χ3v) is 14.8. The van der Waals surface area contributed by atoms with E-state index in [1.807, 2.05) is 65.0 Å². The number of carbonyl (C=O) groups excluding carboxylic acids is 5. The number of esters is 1. The number of cyclic esters (lactones) is 1. The molecule has 70 heavy (non-hydrogen) atoms. The van der Waals surface area contributed by atoms with Gasteiger partial charge in [0, 0.05) is 59.2 Å². The van der Waals surface area contributed by atoms with Crippen molar-refractivity contribution in [2.75, 3.05) is 47.7 Å². The molecule has 3 aliphatic heterocycles. The van der Waals surface area contributed by atoms with Gasteiger partial charge in [0.05, 0.1) is 37.6 Å². The zero-order valence-corrected chi connectivity index (χ0v) is 43.5. The Balaban J connectivity index is 1.68. The molecular formula is C54H85NO15. The SMILES string of the molecule is CCOCCO[C@@H]1CC[C@@H](C[C@@H](C)[C@@H]2CC(=O)[C@H](C)/C=C(\C)[C@@H](O)[C@@H](OC)C(=O)[C@H](C)C[C@H](C)/C=C/C=C/C=C(\C)[C@@H](OC)C[C@@H]3CCC(O)[C@@](O)(O3)C(=O)C(=O)N3CCCC[C@H]3C(=O)O2)C[C@H]1OC. The van der Waals surface area contributed by atoms with Crippen molar-refractivity contribution in [2.24, 2.45) is 29.6 Å². The summed E-state index contributed by atoms with van der Waals surface area (Å²) in [7, 11) is 4.57. The summed E-state index contributed by atoms with van der Waals surface area (Å²) in [5.41, 5.74) is 1.20. The van der Waals surface area contributed by atoms with Crippen molar-refractivity contribution in [3.8, 4) is 0 Å². The second-order valence-electron chi connectivity index (χ2n) is 20.2. The molecule has 4 aliphatic rings. The van der Waals surface area contributed by atoms with Crippen molar-refractivity contribution in [1.82, 2.24) is 4.90 Å². The van der Waals surface area contributed by atoms with Crippen LogP contribution in [0.5, 0.6) is 0 Å². The van der Waals surface area contributed by atoms with Gasteiger partial charge in [-0.1, -0.05) is 64.2 Å². The Kier molecular flexibility index (Phi) is 24.2. The highest BCUT2D eigenvalue weighted by Gasteiger charge is 2.54. The Morgan fingerprint density at radius 3 is 2.27 bits per heavy atom. The van der Waals surface area contributed by atoms with Crippen molar-refractivity contribution < 1.29 is 72.5 Å². The minimum Gasteiger partial charge on any atom is -0.460 e. The molecule has 3 N–H and O–H groups in total. The highest BCUT2D eigenvalue weighted by molar-refractivity contribution is 6.39. The first-order valence-corrected chi connectivity index (χ1v) is 25.7. The van der Waals surface area contributed by atoms with Crippen LogP contribution in [0.25, 0.3) is 0 Å². The van der Waals surface area contributed by atoms with Gasteiger partial charge in [0.1, 0.15) is 36.2 Å². The standard InChI is InChI=1S/C54H85NO15/c1-11-67-25-26-68-43-22-20-39(30-46(43)65-9)29-36(5)45-32-42(56)35(4)28-38(7)49(59)50(66-10)48(58)37(6)27-33(2)17-13-12-14-18-34(3)44(64-8)31-40-21-23-47(57)54(63,70-40)51(60)52(61)55-24-16-15-19-41(55)53(62)69-45/h12-14,17-18,28,33,35-37,39-41,43-47,49-50,57,59,63H,11,15-16,19-27,29-32H2,1-10H3/b14-12+,17-13+,34-18+,38-28+/t33-,35-,36-,37-,39+,40+,41+,43-,44+,45+,46-,47?,49-,50+,54-/m1/s1. The average Bonchev–Trinajstić information content (AvgIpc) is 3.34. The molecule has 16 heteroatoms. The second kappa shape index (κ2) is 28.7. The number of hydrogen-bond donors (Lipinski definition) is 3. The number of hydrogen-bond acceptors (Lipinski definition) is 15. The maximum Gasteiger partial charge on any atom is 0.329 e. The van der Waals surface area contributed by atoms with E-state index in [1.54, 1.807) is 27.0 Å². The molecular weight excluding hydrogens is 903 g/mol. The summed E-state index contributed by atoms with van der Waals surface area (Å²) in [6.45, 7) is 14.4. The first kappa shape index (κ1) is 59.1. The van der Waals surface area contributed by atoms with Gasteiger partial charge in [0.2, 0.25) is 0 Å². The molecule has 0 aromatic rings. The summed E-state index contributed by atoms with van der Waals surface area (Å²) in [6.07, 6.45) is 9.08. The van der Waals surface area contributed by atoms with Gasteiger partial charge in [0.15, 0.2) is 5.78 Å². The summed E-state index contributed by atoms with van der Waals surface area (Å²) in [5, 5.41) is 34.3. The van der Waals surface area contributed by atoms with Gasteiger partial charge in [-0.3, -0.25) is 19.2 Å². The quantitative estimate of drug-likeness (QED) is 0.0942.